The molecule has 0 N–H and O–H groups in total. The number of benzene rings is 2. The van der Waals surface area contributed by atoms with Crippen LogP contribution in [0.25, 0.3) is 0 Å². The molecule has 2 aromatic rings. The molecule has 1 atom stereocenters. The van der Waals surface area contributed by atoms with Crippen LogP contribution in [0.1, 0.15) is 47.9 Å². The largest absolute Gasteiger partial charge is 0.489 e. The van der Waals surface area contributed by atoms with Crippen molar-refractivity contribution in [2.75, 3.05) is 0 Å². The van der Waals surface area contributed by atoms with E-state index in [-0.39, 0.29) is 5.92 Å². The normalized spacial score (nSPS) is 16.9. The summed E-state index contributed by atoms with van der Waals surface area (Å²) in [6, 6.07) is 14.2. The zero-order valence-electron chi connectivity index (χ0n) is 11.8. The Labute approximate surface area is 119 Å². The maximum absolute atomic E-state index is 11.7. The molecule has 1 aliphatic rings. The molecule has 20 heavy (non-hydrogen) atoms. The Morgan fingerprint density at radius 1 is 1.15 bits per heavy atom. The lowest BCUT2D eigenvalue weighted by Gasteiger charge is -2.15. The van der Waals surface area contributed by atoms with Crippen LogP contribution < -0.4 is 4.74 Å². The minimum Gasteiger partial charge on any atom is -0.489 e. The number of fused-ring (bicyclic) bond motifs is 2. The molecule has 0 spiro atoms. The van der Waals surface area contributed by atoms with E-state index in [1.165, 1.54) is 5.56 Å². The Kier molecular flexibility index (Phi) is 3.31. The second-order valence-electron chi connectivity index (χ2n) is 5.55. The first kappa shape index (κ1) is 12.9. The quantitative estimate of drug-likeness (QED) is 0.767. The fraction of sp³-hybridized carbons (Fsp3) is 0.278. The molecular weight excluding hydrogens is 248 g/mol. The van der Waals surface area contributed by atoms with Crippen molar-refractivity contribution in [3.63, 3.8) is 0 Å². The Hall–Kier alpha value is -2.09. The molecule has 1 heterocycles. The van der Waals surface area contributed by atoms with Gasteiger partial charge in [0.2, 0.25) is 0 Å². The fourth-order valence-electron chi connectivity index (χ4n) is 2.74. The van der Waals surface area contributed by atoms with Gasteiger partial charge in [-0.05, 0) is 28.7 Å². The molecule has 0 fully saturated rings. The van der Waals surface area contributed by atoms with E-state index in [0.717, 1.165) is 28.7 Å². The first-order valence-electron chi connectivity index (χ1n) is 7.00. The standard InChI is InChI=1S/C18H18O2/c1-12(2)13-7-8-18-16(9-13)17(10-19)15-6-4-3-5-14(15)11-20-18/h3-10,12,17H,11H2,1-2H3/t17-/m1/s1. The lowest BCUT2D eigenvalue weighted by atomic mass is 9.87. The van der Waals surface area contributed by atoms with Gasteiger partial charge in [0, 0.05) is 5.56 Å². The average molecular weight is 266 g/mol. The Balaban J connectivity index is 2.18. The van der Waals surface area contributed by atoms with Gasteiger partial charge in [-0.1, -0.05) is 50.2 Å². The van der Waals surface area contributed by atoms with Crippen molar-refractivity contribution in [3.05, 3.63) is 64.7 Å². The predicted molar refractivity (Wildman–Crippen MR) is 79.2 cm³/mol. The van der Waals surface area contributed by atoms with Crippen LogP contribution in [0, 0.1) is 0 Å². The van der Waals surface area contributed by atoms with Gasteiger partial charge in [-0.2, -0.15) is 0 Å². The molecule has 2 aromatic carbocycles. The maximum atomic E-state index is 11.7. The number of aldehydes is 1. The Bertz CT molecular complexity index is 644. The van der Waals surface area contributed by atoms with Gasteiger partial charge in [0.15, 0.2) is 0 Å². The molecular formula is C18H18O2. The van der Waals surface area contributed by atoms with E-state index < -0.39 is 0 Å². The maximum Gasteiger partial charge on any atom is 0.132 e. The van der Waals surface area contributed by atoms with Crippen LogP contribution in [0.5, 0.6) is 5.75 Å². The molecule has 0 saturated heterocycles. The summed E-state index contributed by atoms with van der Waals surface area (Å²) in [5.41, 5.74) is 4.36. The van der Waals surface area contributed by atoms with Crippen molar-refractivity contribution in [1.82, 2.24) is 0 Å². The van der Waals surface area contributed by atoms with Crippen molar-refractivity contribution in [1.29, 1.82) is 0 Å². The molecule has 3 rings (SSSR count). The van der Waals surface area contributed by atoms with Crippen LogP contribution in [-0.2, 0) is 11.4 Å². The van der Waals surface area contributed by atoms with Gasteiger partial charge >= 0.3 is 0 Å². The van der Waals surface area contributed by atoms with Crippen molar-refractivity contribution in [3.8, 4) is 5.75 Å². The van der Waals surface area contributed by atoms with Gasteiger partial charge in [0.1, 0.15) is 18.6 Å². The molecule has 1 aliphatic heterocycles. The van der Waals surface area contributed by atoms with Crippen LogP contribution in [0.3, 0.4) is 0 Å². The molecule has 0 unspecified atom stereocenters. The van der Waals surface area contributed by atoms with Crippen molar-refractivity contribution in [2.24, 2.45) is 0 Å². The number of carbonyl (C=O) groups excluding carboxylic acids is 1. The second-order valence-corrected chi connectivity index (χ2v) is 5.55. The molecule has 0 aromatic heterocycles. The summed E-state index contributed by atoms with van der Waals surface area (Å²) >= 11 is 0. The van der Waals surface area contributed by atoms with Crippen LogP contribution >= 0.6 is 0 Å². The first-order chi connectivity index (χ1) is 9.70. The molecule has 0 aliphatic carbocycles. The summed E-state index contributed by atoms with van der Waals surface area (Å²) < 4.78 is 5.88. The molecule has 0 bridgehead atoms. The highest BCUT2D eigenvalue weighted by molar-refractivity contribution is 5.72. The van der Waals surface area contributed by atoms with Gasteiger partial charge in [0.25, 0.3) is 0 Å². The van der Waals surface area contributed by atoms with Crippen molar-refractivity contribution < 1.29 is 9.53 Å². The van der Waals surface area contributed by atoms with Crippen LogP contribution in [0.15, 0.2) is 42.5 Å². The fourth-order valence-corrected chi connectivity index (χ4v) is 2.74. The average Bonchev–Trinajstić information content (AvgIpc) is 2.62. The number of rotatable bonds is 2. The van der Waals surface area contributed by atoms with E-state index in [1.807, 2.05) is 30.3 Å². The van der Waals surface area contributed by atoms with E-state index in [0.29, 0.717) is 12.5 Å². The minimum absolute atomic E-state index is 0.234. The number of carbonyl (C=O) groups is 1. The molecule has 2 heteroatoms. The monoisotopic (exact) mass is 266 g/mol. The molecule has 102 valence electrons. The van der Waals surface area contributed by atoms with Crippen molar-refractivity contribution in [2.45, 2.75) is 32.3 Å². The van der Waals surface area contributed by atoms with Gasteiger partial charge in [-0.25, -0.2) is 0 Å². The highest BCUT2D eigenvalue weighted by Crippen LogP contribution is 2.37. The molecule has 0 saturated carbocycles. The third-order valence-electron chi connectivity index (χ3n) is 3.94. The molecule has 2 nitrogen and oxygen atoms in total. The Morgan fingerprint density at radius 2 is 1.95 bits per heavy atom. The zero-order chi connectivity index (χ0) is 14.1. The van der Waals surface area contributed by atoms with Gasteiger partial charge in [0.05, 0.1) is 5.92 Å². The number of hydrogen-bond donors (Lipinski definition) is 0. The highest BCUT2D eigenvalue weighted by atomic mass is 16.5. The van der Waals surface area contributed by atoms with E-state index in [4.69, 9.17) is 4.74 Å². The predicted octanol–water partition coefficient (Wildman–Crippen LogP) is 4.03. The first-order valence-corrected chi connectivity index (χ1v) is 7.00. The zero-order valence-corrected chi connectivity index (χ0v) is 11.8. The van der Waals surface area contributed by atoms with Crippen LogP contribution in [0.2, 0.25) is 0 Å². The molecule has 0 radical (unpaired) electrons. The minimum atomic E-state index is -0.234. The smallest absolute Gasteiger partial charge is 0.132 e. The third-order valence-corrected chi connectivity index (χ3v) is 3.94. The summed E-state index contributed by atoms with van der Waals surface area (Å²) in [7, 11) is 0. The highest BCUT2D eigenvalue weighted by Gasteiger charge is 2.24. The summed E-state index contributed by atoms with van der Waals surface area (Å²) in [5.74, 6) is 1.02. The number of ether oxygens (including phenoxy) is 1. The van der Waals surface area contributed by atoms with Gasteiger partial charge in [-0.3, -0.25) is 0 Å². The van der Waals surface area contributed by atoms with E-state index in [9.17, 15) is 4.79 Å². The lowest BCUT2D eigenvalue weighted by Crippen LogP contribution is -2.04. The summed E-state index contributed by atoms with van der Waals surface area (Å²) in [6.45, 7) is 4.83. The van der Waals surface area contributed by atoms with Crippen LogP contribution in [0.4, 0.5) is 0 Å². The van der Waals surface area contributed by atoms with Gasteiger partial charge < -0.3 is 9.53 Å². The summed E-state index contributed by atoms with van der Waals surface area (Å²) in [5, 5.41) is 0. The van der Waals surface area contributed by atoms with Gasteiger partial charge in [-0.15, -0.1) is 0 Å². The van der Waals surface area contributed by atoms with E-state index in [2.05, 4.69) is 26.0 Å². The van der Waals surface area contributed by atoms with Crippen LogP contribution in [-0.4, -0.2) is 6.29 Å². The summed E-state index contributed by atoms with van der Waals surface area (Å²) in [6.07, 6.45) is 1.02. The summed E-state index contributed by atoms with van der Waals surface area (Å²) in [4.78, 5) is 11.7. The Morgan fingerprint density at radius 3 is 2.70 bits per heavy atom. The SMILES string of the molecule is CC(C)c1ccc2c(c1)[C@H](C=O)c1ccccc1CO2. The lowest BCUT2D eigenvalue weighted by molar-refractivity contribution is -0.108. The van der Waals surface area contributed by atoms with E-state index in [1.54, 1.807) is 0 Å². The topological polar surface area (TPSA) is 26.3 Å². The third kappa shape index (κ3) is 2.11. The number of hydrogen-bond acceptors (Lipinski definition) is 2. The second kappa shape index (κ2) is 5.12. The van der Waals surface area contributed by atoms with E-state index >= 15 is 0 Å². The van der Waals surface area contributed by atoms with Crippen molar-refractivity contribution >= 4 is 6.29 Å². The molecule has 0 amide bonds.